The SMILES string of the molecule is Cc1cccc(CCNC(=O)NCC2(O)CCCC2)c1. The second kappa shape index (κ2) is 6.75. The number of urea groups is 1. The summed E-state index contributed by atoms with van der Waals surface area (Å²) in [6.45, 7) is 3.02. The average molecular weight is 276 g/mol. The van der Waals surface area contributed by atoms with Gasteiger partial charge in [-0.05, 0) is 31.7 Å². The van der Waals surface area contributed by atoms with Gasteiger partial charge in [-0.2, -0.15) is 0 Å². The molecule has 0 aliphatic heterocycles. The Hall–Kier alpha value is -1.55. The molecule has 3 N–H and O–H groups in total. The highest BCUT2D eigenvalue weighted by atomic mass is 16.3. The van der Waals surface area contributed by atoms with Crippen LogP contribution in [-0.4, -0.2) is 29.8 Å². The van der Waals surface area contributed by atoms with Crippen LogP contribution in [0.2, 0.25) is 0 Å². The van der Waals surface area contributed by atoms with E-state index < -0.39 is 5.60 Å². The zero-order chi connectivity index (χ0) is 14.4. The molecule has 1 aliphatic carbocycles. The van der Waals surface area contributed by atoms with Crippen LogP contribution >= 0.6 is 0 Å². The zero-order valence-electron chi connectivity index (χ0n) is 12.1. The van der Waals surface area contributed by atoms with Crippen LogP contribution in [0.1, 0.15) is 36.8 Å². The van der Waals surface area contributed by atoms with E-state index in [0.29, 0.717) is 13.1 Å². The number of aliphatic hydroxyl groups is 1. The number of amides is 2. The summed E-state index contributed by atoms with van der Waals surface area (Å²) in [4.78, 5) is 11.7. The van der Waals surface area contributed by atoms with Crippen LogP contribution in [0.4, 0.5) is 4.79 Å². The number of hydrogen-bond donors (Lipinski definition) is 3. The molecule has 0 bridgehead atoms. The lowest BCUT2D eigenvalue weighted by Gasteiger charge is -2.22. The van der Waals surface area contributed by atoms with E-state index in [4.69, 9.17) is 0 Å². The lowest BCUT2D eigenvalue weighted by Crippen LogP contribution is -2.45. The Balaban J connectivity index is 1.65. The maximum atomic E-state index is 11.7. The average Bonchev–Trinajstić information content (AvgIpc) is 2.84. The second-order valence-corrected chi connectivity index (χ2v) is 5.78. The molecule has 1 aliphatic rings. The molecule has 2 amide bonds. The van der Waals surface area contributed by atoms with Crippen LogP contribution in [-0.2, 0) is 6.42 Å². The van der Waals surface area contributed by atoms with Crippen LogP contribution in [0.15, 0.2) is 24.3 Å². The molecule has 4 nitrogen and oxygen atoms in total. The predicted molar refractivity (Wildman–Crippen MR) is 79.7 cm³/mol. The van der Waals surface area contributed by atoms with E-state index in [-0.39, 0.29) is 6.03 Å². The highest BCUT2D eigenvalue weighted by Gasteiger charge is 2.31. The van der Waals surface area contributed by atoms with E-state index in [1.54, 1.807) is 0 Å². The smallest absolute Gasteiger partial charge is 0.314 e. The molecule has 1 saturated carbocycles. The summed E-state index contributed by atoms with van der Waals surface area (Å²) in [5.74, 6) is 0. The predicted octanol–water partition coefficient (Wildman–Crippen LogP) is 2.14. The maximum Gasteiger partial charge on any atom is 0.314 e. The molecule has 0 spiro atoms. The fraction of sp³-hybridized carbons (Fsp3) is 0.562. The van der Waals surface area contributed by atoms with E-state index in [1.165, 1.54) is 11.1 Å². The molecule has 0 heterocycles. The Morgan fingerprint density at radius 1 is 1.30 bits per heavy atom. The molecule has 110 valence electrons. The van der Waals surface area contributed by atoms with Crippen molar-refractivity contribution in [1.29, 1.82) is 0 Å². The fourth-order valence-electron chi connectivity index (χ4n) is 2.71. The molecule has 1 fully saturated rings. The molecule has 1 aromatic carbocycles. The summed E-state index contributed by atoms with van der Waals surface area (Å²) >= 11 is 0. The summed E-state index contributed by atoms with van der Waals surface area (Å²) in [5.41, 5.74) is 1.77. The molecule has 20 heavy (non-hydrogen) atoms. The maximum absolute atomic E-state index is 11.7. The Morgan fingerprint density at radius 2 is 2.05 bits per heavy atom. The number of carbonyl (C=O) groups is 1. The number of carbonyl (C=O) groups excluding carboxylic acids is 1. The third-order valence-electron chi connectivity index (χ3n) is 3.89. The third-order valence-corrected chi connectivity index (χ3v) is 3.89. The zero-order valence-corrected chi connectivity index (χ0v) is 12.1. The van der Waals surface area contributed by atoms with Gasteiger partial charge in [0.2, 0.25) is 0 Å². The molecular formula is C16H24N2O2. The van der Waals surface area contributed by atoms with Gasteiger partial charge in [0.05, 0.1) is 5.60 Å². The minimum atomic E-state index is -0.687. The first-order chi connectivity index (χ1) is 9.57. The van der Waals surface area contributed by atoms with Crippen LogP contribution < -0.4 is 10.6 Å². The van der Waals surface area contributed by atoms with Gasteiger partial charge in [-0.25, -0.2) is 4.79 Å². The first kappa shape index (κ1) is 14.9. The van der Waals surface area contributed by atoms with E-state index in [2.05, 4.69) is 35.8 Å². The van der Waals surface area contributed by atoms with Crippen molar-refractivity contribution in [3.8, 4) is 0 Å². The Labute approximate surface area is 120 Å². The summed E-state index contributed by atoms with van der Waals surface area (Å²) in [7, 11) is 0. The van der Waals surface area contributed by atoms with Gasteiger partial charge in [0.1, 0.15) is 0 Å². The second-order valence-electron chi connectivity index (χ2n) is 5.78. The summed E-state index contributed by atoms with van der Waals surface area (Å²) in [6, 6.07) is 8.08. The molecule has 0 aromatic heterocycles. The van der Waals surface area contributed by atoms with E-state index in [1.807, 2.05) is 6.07 Å². The minimum Gasteiger partial charge on any atom is -0.388 e. The van der Waals surface area contributed by atoms with Crippen molar-refractivity contribution in [3.63, 3.8) is 0 Å². The van der Waals surface area contributed by atoms with E-state index in [0.717, 1.165) is 32.1 Å². The van der Waals surface area contributed by atoms with Crippen molar-refractivity contribution in [2.24, 2.45) is 0 Å². The van der Waals surface area contributed by atoms with E-state index >= 15 is 0 Å². The van der Waals surface area contributed by atoms with Crippen molar-refractivity contribution in [2.75, 3.05) is 13.1 Å². The van der Waals surface area contributed by atoms with Crippen LogP contribution in [0.3, 0.4) is 0 Å². The standard InChI is InChI=1S/C16H24N2O2/c1-13-5-4-6-14(11-13)7-10-17-15(19)18-12-16(20)8-2-3-9-16/h4-6,11,20H,2-3,7-10,12H2,1H3,(H2,17,18,19). The van der Waals surface area contributed by atoms with Crippen LogP contribution in [0.5, 0.6) is 0 Å². The van der Waals surface area contributed by atoms with Gasteiger partial charge in [-0.3, -0.25) is 0 Å². The molecule has 4 heteroatoms. The van der Waals surface area contributed by atoms with Gasteiger partial charge >= 0.3 is 6.03 Å². The summed E-state index contributed by atoms with van der Waals surface area (Å²) in [6.07, 6.45) is 4.49. The molecule has 0 unspecified atom stereocenters. The van der Waals surface area contributed by atoms with Gasteiger partial charge in [0, 0.05) is 13.1 Å². The van der Waals surface area contributed by atoms with Crippen molar-refractivity contribution in [1.82, 2.24) is 10.6 Å². The summed E-state index contributed by atoms with van der Waals surface area (Å²) < 4.78 is 0. The number of rotatable bonds is 5. The van der Waals surface area contributed by atoms with Gasteiger partial charge in [0.15, 0.2) is 0 Å². The van der Waals surface area contributed by atoms with Crippen molar-refractivity contribution < 1.29 is 9.90 Å². The number of aryl methyl sites for hydroxylation is 1. The lowest BCUT2D eigenvalue weighted by molar-refractivity contribution is 0.0501. The third kappa shape index (κ3) is 4.53. The molecule has 1 aromatic rings. The molecule has 2 rings (SSSR count). The Kier molecular flexibility index (Phi) is 5.01. The Bertz CT molecular complexity index is 454. The molecule has 0 radical (unpaired) electrons. The highest BCUT2D eigenvalue weighted by Crippen LogP contribution is 2.28. The topological polar surface area (TPSA) is 61.4 Å². The van der Waals surface area contributed by atoms with Gasteiger partial charge in [0.25, 0.3) is 0 Å². The van der Waals surface area contributed by atoms with Crippen LogP contribution in [0, 0.1) is 6.92 Å². The normalized spacial score (nSPS) is 16.9. The van der Waals surface area contributed by atoms with Crippen molar-refractivity contribution in [3.05, 3.63) is 35.4 Å². The minimum absolute atomic E-state index is 0.196. The van der Waals surface area contributed by atoms with Crippen molar-refractivity contribution in [2.45, 2.75) is 44.6 Å². The molecule has 0 saturated heterocycles. The fourth-order valence-corrected chi connectivity index (χ4v) is 2.71. The monoisotopic (exact) mass is 276 g/mol. The van der Waals surface area contributed by atoms with Gasteiger partial charge < -0.3 is 15.7 Å². The largest absolute Gasteiger partial charge is 0.388 e. The van der Waals surface area contributed by atoms with Crippen LogP contribution in [0.25, 0.3) is 0 Å². The molecule has 0 atom stereocenters. The first-order valence-electron chi connectivity index (χ1n) is 7.37. The van der Waals surface area contributed by atoms with Gasteiger partial charge in [-0.1, -0.05) is 42.7 Å². The molecular weight excluding hydrogens is 252 g/mol. The lowest BCUT2D eigenvalue weighted by atomic mass is 10.0. The van der Waals surface area contributed by atoms with E-state index in [9.17, 15) is 9.90 Å². The van der Waals surface area contributed by atoms with Crippen molar-refractivity contribution >= 4 is 6.03 Å². The summed E-state index contributed by atoms with van der Waals surface area (Å²) in [5, 5.41) is 15.7. The number of hydrogen-bond acceptors (Lipinski definition) is 2. The quantitative estimate of drug-likeness (QED) is 0.771. The first-order valence-corrected chi connectivity index (χ1v) is 7.37. The number of nitrogens with one attached hydrogen (secondary N) is 2. The number of benzene rings is 1. The van der Waals surface area contributed by atoms with Gasteiger partial charge in [-0.15, -0.1) is 0 Å². The highest BCUT2D eigenvalue weighted by molar-refractivity contribution is 5.73. The Morgan fingerprint density at radius 3 is 2.75 bits per heavy atom.